The van der Waals surface area contributed by atoms with Crippen LogP contribution in [0.15, 0.2) is 0 Å². The second-order valence-corrected chi connectivity index (χ2v) is 4.24. The van der Waals surface area contributed by atoms with Crippen molar-refractivity contribution >= 4 is 64.8 Å². The monoisotopic (exact) mass is 242 g/mol. The smallest absolute Gasteiger partial charge is 0.147 e. The van der Waals surface area contributed by atoms with E-state index in [0.717, 1.165) is 0 Å². The molecule has 0 aromatic rings. The predicted octanol–water partition coefficient (Wildman–Crippen LogP) is 3.13. The average Bonchev–Trinajstić information content (AvgIpc) is 1.72. The fraction of sp³-hybridized carbons (Fsp3) is 1.00. The zero-order chi connectivity index (χ0) is 4.24. The summed E-state index contributed by atoms with van der Waals surface area (Å²) in [5.41, 5.74) is 0. The van der Waals surface area contributed by atoms with Crippen LogP contribution in [0.3, 0.4) is 0 Å². The van der Waals surface area contributed by atoms with E-state index in [2.05, 4.69) is 0 Å². The molecule has 5 heteroatoms. The molecule has 0 spiro atoms. The minimum absolute atomic E-state index is 0. The molecule has 0 atom stereocenters. The maximum atomic E-state index is 1.64. The first-order valence-corrected chi connectivity index (χ1v) is 5.00. The lowest BCUT2D eigenvalue weighted by atomic mass is 10.3. The highest BCUT2D eigenvalue weighted by molar-refractivity contribution is 6.35. The topological polar surface area (TPSA) is 0 Å². The van der Waals surface area contributed by atoms with Crippen LogP contribution < -0.4 is 0 Å². The van der Waals surface area contributed by atoms with Gasteiger partial charge in [-0.05, 0) is 0 Å². The third-order valence-electron chi connectivity index (χ3n) is 1.50. The first-order valence-electron chi connectivity index (χ1n) is 3.00. The lowest BCUT2D eigenvalue weighted by molar-refractivity contribution is 0.734. The molecule has 1 heterocycles. The molecule has 0 saturated carbocycles. The second kappa shape index (κ2) is 17.0. The molecule has 0 amide bonds. The Bertz CT molecular complexity index is 29.1. The Hall–Kier alpha value is 1.69. The van der Waals surface area contributed by atoms with E-state index in [1.54, 1.807) is 23.4 Å². The first-order chi connectivity index (χ1) is 3.00. The fourth-order valence-corrected chi connectivity index (χ4v) is 2.83. The summed E-state index contributed by atoms with van der Waals surface area (Å²) >= 11 is 0.508. The van der Waals surface area contributed by atoms with Gasteiger partial charge < -0.3 is 0 Å². The molecule has 0 unspecified atom stereocenters. The average molecular weight is 244 g/mol. The molecule has 0 aromatic heterocycles. The summed E-state index contributed by atoms with van der Waals surface area (Å²) < 4.78 is 0. The van der Waals surface area contributed by atoms with Crippen molar-refractivity contribution in [2.45, 2.75) is 29.8 Å². The Morgan fingerprint density at radius 2 is 1.00 bits per heavy atom. The van der Waals surface area contributed by atoms with Crippen LogP contribution in [-0.4, -0.2) is 15.2 Å². The molecule has 1 fully saturated rings. The highest BCUT2D eigenvalue weighted by Crippen LogP contribution is 2.10. The molecule has 1 rings (SSSR count). The molecule has 0 nitrogen and oxygen atoms in total. The fourth-order valence-electron chi connectivity index (χ4n) is 1.06. The van der Waals surface area contributed by atoms with E-state index >= 15 is 0 Å². The Morgan fingerprint density at radius 1 is 0.600 bits per heavy atom. The summed E-state index contributed by atoms with van der Waals surface area (Å²) in [5, 5.41) is 3.28. The highest BCUT2D eigenvalue weighted by Gasteiger charge is 1.99. The SMILES string of the molecule is C1C[CH2][AlH][CH2]C1.Cl.Cl.Cl.Cl. The van der Waals surface area contributed by atoms with Gasteiger partial charge >= 0.3 is 0 Å². The predicted molar refractivity (Wildman–Crippen MR) is 59.6 cm³/mol. The second-order valence-electron chi connectivity index (χ2n) is 2.12. The zero-order valence-electron chi connectivity index (χ0n) is 5.88. The van der Waals surface area contributed by atoms with Gasteiger partial charge in [-0.15, -0.1) is 49.6 Å². The minimum Gasteiger partial charge on any atom is -0.147 e. The summed E-state index contributed by atoms with van der Waals surface area (Å²) in [7, 11) is 0. The summed E-state index contributed by atoms with van der Waals surface area (Å²) in [6, 6.07) is 0. The van der Waals surface area contributed by atoms with Crippen molar-refractivity contribution in [3.63, 3.8) is 0 Å². The van der Waals surface area contributed by atoms with Gasteiger partial charge in [0, 0.05) is 0 Å². The zero-order valence-corrected chi connectivity index (χ0v) is 10.6. The number of hydrogen-bond acceptors (Lipinski definition) is 0. The minimum atomic E-state index is 0. The molecule has 0 N–H and O–H groups in total. The Labute approximate surface area is 94.3 Å². The summed E-state index contributed by atoms with van der Waals surface area (Å²) in [6.45, 7) is 0. The normalized spacial score (nSPS) is 13.6. The lowest BCUT2D eigenvalue weighted by Gasteiger charge is -2.03. The van der Waals surface area contributed by atoms with Crippen LogP contribution in [0, 0.1) is 0 Å². The summed E-state index contributed by atoms with van der Waals surface area (Å²) in [5.74, 6) is 0. The number of hydrogen-bond donors (Lipinski definition) is 0. The molecule has 0 aromatic carbocycles. The lowest BCUT2D eigenvalue weighted by Crippen LogP contribution is -1.94. The Morgan fingerprint density at radius 3 is 1.10 bits per heavy atom. The third-order valence-corrected chi connectivity index (χ3v) is 3.50. The van der Waals surface area contributed by atoms with Crippen LogP contribution >= 0.6 is 49.6 Å². The largest absolute Gasteiger partial charge is 0.236 e. The van der Waals surface area contributed by atoms with Gasteiger partial charge in [0.2, 0.25) is 15.2 Å². The van der Waals surface area contributed by atoms with E-state index in [1.807, 2.05) is 0 Å². The molecule has 0 radical (unpaired) electrons. The standard InChI is InChI=1S/C5H10.Al.4ClH.H/c1-3-5-4-2;;;;;;/h1-5H2;;4*1H;. The van der Waals surface area contributed by atoms with E-state index in [9.17, 15) is 0 Å². The number of rotatable bonds is 0. The van der Waals surface area contributed by atoms with E-state index in [0.29, 0.717) is 15.2 Å². The molecule has 0 aliphatic carbocycles. The van der Waals surface area contributed by atoms with E-state index in [-0.39, 0.29) is 49.6 Å². The van der Waals surface area contributed by atoms with Crippen molar-refractivity contribution in [3.8, 4) is 0 Å². The van der Waals surface area contributed by atoms with Gasteiger partial charge in [0.25, 0.3) is 0 Å². The molecule has 1 aliphatic rings. The highest BCUT2D eigenvalue weighted by atomic mass is 35.5. The van der Waals surface area contributed by atoms with Gasteiger partial charge in [-0.2, -0.15) is 0 Å². The van der Waals surface area contributed by atoms with E-state index < -0.39 is 0 Å². The molecule has 1 saturated heterocycles. The van der Waals surface area contributed by atoms with E-state index in [1.165, 1.54) is 6.42 Å². The van der Waals surface area contributed by atoms with Crippen LogP contribution in [-0.2, 0) is 0 Å². The molecule has 0 bridgehead atoms. The van der Waals surface area contributed by atoms with Crippen molar-refractivity contribution < 1.29 is 0 Å². The summed E-state index contributed by atoms with van der Waals surface area (Å²) in [4.78, 5) is 0. The van der Waals surface area contributed by atoms with Crippen LogP contribution in [0.2, 0.25) is 10.6 Å². The van der Waals surface area contributed by atoms with Gasteiger partial charge in [0.05, 0.1) is 0 Å². The van der Waals surface area contributed by atoms with Gasteiger partial charge in [-0.1, -0.05) is 29.8 Å². The van der Waals surface area contributed by atoms with Crippen LogP contribution in [0.4, 0.5) is 0 Å². The van der Waals surface area contributed by atoms with Crippen LogP contribution in [0.5, 0.6) is 0 Å². The quantitative estimate of drug-likeness (QED) is 0.574. The van der Waals surface area contributed by atoms with Crippen LogP contribution in [0.1, 0.15) is 19.3 Å². The van der Waals surface area contributed by atoms with Crippen molar-refractivity contribution in [2.75, 3.05) is 0 Å². The third kappa shape index (κ3) is 12.4. The maximum Gasteiger partial charge on any atom is 0.236 e. The summed E-state index contributed by atoms with van der Waals surface area (Å²) in [6.07, 6.45) is 4.66. The van der Waals surface area contributed by atoms with Gasteiger partial charge in [0.15, 0.2) is 0 Å². The van der Waals surface area contributed by atoms with Crippen molar-refractivity contribution in [3.05, 3.63) is 0 Å². The van der Waals surface area contributed by atoms with Gasteiger partial charge in [-0.25, -0.2) is 0 Å². The Kier molecular flexibility index (Phi) is 38.3. The van der Waals surface area contributed by atoms with Crippen molar-refractivity contribution in [1.29, 1.82) is 0 Å². The van der Waals surface area contributed by atoms with Crippen molar-refractivity contribution in [1.82, 2.24) is 0 Å². The van der Waals surface area contributed by atoms with Crippen LogP contribution in [0.25, 0.3) is 0 Å². The first kappa shape index (κ1) is 22.6. The van der Waals surface area contributed by atoms with Crippen molar-refractivity contribution in [2.24, 2.45) is 0 Å². The Balaban J connectivity index is -0.0000000450. The van der Waals surface area contributed by atoms with E-state index in [4.69, 9.17) is 0 Å². The molecule has 10 heavy (non-hydrogen) atoms. The molecular weight excluding hydrogens is 229 g/mol. The molecule has 1 aliphatic heterocycles. The molecular formula is C5H15AlCl4. The molecule has 66 valence electrons. The van der Waals surface area contributed by atoms with Gasteiger partial charge in [-0.3, -0.25) is 0 Å². The van der Waals surface area contributed by atoms with Gasteiger partial charge in [0.1, 0.15) is 0 Å². The number of halogens is 4. The maximum absolute atomic E-state index is 1.64.